The van der Waals surface area contributed by atoms with E-state index in [1.807, 2.05) is 24.3 Å². The molecule has 0 atom stereocenters. The molecule has 2 aromatic carbocycles. The summed E-state index contributed by atoms with van der Waals surface area (Å²) >= 11 is 1.41. The average Bonchev–Trinajstić information content (AvgIpc) is 3.01. The van der Waals surface area contributed by atoms with Gasteiger partial charge in [-0.3, -0.25) is 4.79 Å². The van der Waals surface area contributed by atoms with E-state index in [1.165, 1.54) is 29.5 Å². The Hall–Kier alpha value is -2.32. The lowest BCUT2D eigenvalue weighted by Gasteiger charge is -2.05. The first-order chi connectivity index (χ1) is 12.0. The molecule has 0 N–H and O–H groups in total. The molecule has 0 amide bonds. The average molecular weight is 379 g/mol. The van der Waals surface area contributed by atoms with Gasteiger partial charge in [-0.15, -0.1) is 11.3 Å². The molecule has 0 radical (unpaired) electrons. The van der Waals surface area contributed by atoms with Gasteiger partial charge < -0.3 is 4.74 Å². The van der Waals surface area contributed by atoms with E-state index in [0.29, 0.717) is 5.01 Å². The van der Waals surface area contributed by atoms with Crippen LogP contribution in [-0.4, -0.2) is 25.1 Å². The predicted octanol–water partition coefficient (Wildman–Crippen LogP) is 3.34. The molecule has 0 spiro atoms. The summed E-state index contributed by atoms with van der Waals surface area (Å²) in [6.45, 7) is -0.0159. The Morgan fingerprint density at radius 3 is 2.60 bits per heavy atom. The zero-order valence-corrected chi connectivity index (χ0v) is 14.6. The first-order valence-electron chi connectivity index (χ1n) is 7.43. The van der Waals surface area contributed by atoms with Gasteiger partial charge in [0.05, 0.1) is 22.4 Å². The molecule has 5 nitrogen and oxygen atoms in total. The predicted molar refractivity (Wildman–Crippen MR) is 92.5 cm³/mol. The van der Waals surface area contributed by atoms with Crippen LogP contribution in [0.15, 0.2) is 53.4 Å². The monoisotopic (exact) mass is 379 g/mol. The van der Waals surface area contributed by atoms with E-state index in [-0.39, 0.29) is 13.0 Å². The van der Waals surface area contributed by atoms with E-state index >= 15 is 0 Å². The van der Waals surface area contributed by atoms with Gasteiger partial charge in [0.2, 0.25) is 0 Å². The molecular formula is C17H14FNO4S2. The van der Waals surface area contributed by atoms with Gasteiger partial charge in [-0.1, -0.05) is 24.3 Å². The molecule has 0 fully saturated rings. The van der Waals surface area contributed by atoms with Gasteiger partial charge in [0.15, 0.2) is 9.84 Å². The van der Waals surface area contributed by atoms with Crippen molar-refractivity contribution in [2.75, 3.05) is 5.75 Å². The highest BCUT2D eigenvalue weighted by Crippen LogP contribution is 2.22. The van der Waals surface area contributed by atoms with E-state index in [9.17, 15) is 17.6 Å². The van der Waals surface area contributed by atoms with Crippen molar-refractivity contribution in [3.63, 3.8) is 0 Å². The summed E-state index contributed by atoms with van der Waals surface area (Å²) in [4.78, 5) is 15.7. The molecule has 0 aliphatic rings. The van der Waals surface area contributed by atoms with E-state index in [4.69, 9.17) is 4.74 Å². The van der Waals surface area contributed by atoms with Crippen molar-refractivity contribution in [2.24, 2.45) is 0 Å². The third-order valence-electron chi connectivity index (χ3n) is 3.44. The molecule has 0 aliphatic heterocycles. The highest BCUT2D eigenvalue weighted by Gasteiger charge is 2.20. The number of nitrogens with zero attached hydrogens (tertiary/aromatic N) is 1. The van der Waals surface area contributed by atoms with Crippen LogP contribution in [0.2, 0.25) is 0 Å². The molecule has 3 rings (SSSR count). The third kappa shape index (κ3) is 4.21. The van der Waals surface area contributed by atoms with Crippen LogP contribution in [0.25, 0.3) is 10.2 Å². The summed E-state index contributed by atoms with van der Waals surface area (Å²) in [6.07, 6.45) is -0.346. The van der Waals surface area contributed by atoms with Gasteiger partial charge in [-0.25, -0.2) is 17.8 Å². The Bertz CT molecular complexity index is 981. The van der Waals surface area contributed by atoms with Crippen LogP contribution in [0.5, 0.6) is 0 Å². The molecule has 1 aromatic heterocycles. The normalized spacial score (nSPS) is 11.6. The Kier molecular flexibility index (Phi) is 5.10. The molecule has 0 unspecified atom stereocenters. The van der Waals surface area contributed by atoms with Crippen LogP contribution in [0, 0.1) is 5.82 Å². The Morgan fingerprint density at radius 2 is 1.84 bits per heavy atom. The Morgan fingerprint density at radius 1 is 1.12 bits per heavy atom. The van der Waals surface area contributed by atoms with Crippen LogP contribution < -0.4 is 0 Å². The van der Waals surface area contributed by atoms with E-state index in [0.717, 1.165) is 16.3 Å². The smallest absolute Gasteiger partial charge is 0.307 e. The van der Waals surface area contributed by atoms with Gasteiger partial charge in [0.25, 0.3) is 0 Å². The first kappa shape index (κ1) is 17.5. The van der Waals surface area contributed by atoms with Crippen LogP contribution >= 0.6 is 11.3 Å². The highest BCUT2D eigenvalue weighted by molar-refractivity contribution is 7.91. The number of carbonyl (C=O) groups excluding carboxylic acids is 1. The molecule has 25 heavy (non-hydrogen) atoms. The number of ether oxygens (including phenoxy) is 1. The first-order valence-corrected chi connectivity index (χ1v) is 9.90. The van der Waals surface area contributed by atoms with E-state index < -0.39 is 32.3 Å². The second-order valence-electron chi connectivity index (χ2n) is 5.24. The van der Waals surface area contributed by atoms with Gasteiger partial charge in [-0.2, -0.15) is 0 Å². The summed E-state index contributed by atoms with van der Waals surface area (Å²) in [5.74, 6) is -2.00. The van der Waals surface area contributed by atoms with Crippen molar-refractivity contribution in [1.29, 1.82) is 0 Å². The second-order valence-corrected chi connectivity index (χ2v) is 8.43. The lowest BCUT2D eigenvalue weighted by atomic mass is 10.3. The number of sulfone groups is 1. The van der Waals surface area contributed by atoms with Crippen molar-refractivity contribution in [1.82, 2.24) is 4.98 Å². The molecule has 8 heteroatoms. The highest BCUT2D eigenvalue weighted by atomic mass is 32.2. The van der Waals surface area contributed by atoms with Gasteiger partial charge in [0.1, 0.15) is 22.3 Å². The van der Waals surface area contributed by atoms with Crippen molar-refractivity contribution in [3.05, 3.63) is 59.4 Å². The third-order valence-corrected chi connectivity index (χ3v) is 6.19. The molecule has 0 saturated carbocycles. The van der Waals surface area contributed by atoms with Crippen LogP contribution in [0.3, 0.4) is 0 Å². The molecular weight excluding hydrogens is 365 g/mol. The molecule has 1 heterocycles. The number of rotatable bonds is 6. The molecule has 0 saturated heterocycles. The van der Waals surface area contributed by atoms with Gasteiger partial charge in [0, 0.05) is 0 Å². The number of halogens is 1. The summed E-state index contributed by atoms with van der Waals surface area (Å²) in [7, 11) is -3.88. The number of benzene rings is 2. The Labute approximate surface area is 148 Å². The number of hydrogen-bond acceptors (Lipinski definition) is 6. The molecule has 130 valence electrons. The zero-order valence-electron chi connectivity index (χ0n) is 13.0. The van der Waals surface area contributed by atoms with Crippen LogP contribution in [0.1, 0.15) is 11.4 Å². The zero-order chi connectivity index (χ0) is 17.9. The SMILES string of the molecule is O=C(CCS(=O)(=O)c1ccccc1F)OCc1nc2ccccc2s1. The fourth-order valence-electron chi connectivity index (χ4n) is 2.22. The van der Waals surface area contributed by atoms with Crippen LogP contribution in [-0.2, 0) is 26.0 Å². The van der Waals surface area contributed by atoms with Crippen molar-refractivity contribution in [2.45, 2.75) is 17.9 Å². The lowest BCUT2D eigenvalue weighted by molar-refractivity contribution is -0.144. The lowest BCUT2D eigenvalue weighted by Crippen LogP contribution is -2.14. The van der Waals surface area contributed by atoms with Crippen molar-refractivity contribution < 1.29 is 22.3 Å². The minimum atomic E-state index is -3.88. The van der Waals surface area contributed by atoms with E-state index in [1.54, 1.807) is 0 Å². The summed E-state index contributed by atoms with van der Waals surface area (Å²) in [5.41, 5.74) is 0.820. The maximum Gasteiger partial charge on any atom is 0.307 e. The van der Waals surface area contributed by atoms with E-state index in [2.05, 4.69) is 4.98 Å². The number of esters is 1. The number of carbonyl (C=O) groups is 1. The number of aromatic nitrogens is 1. The number of hydrogen-bond donors (Lipinski definition) is 0. The summed E-state index contributed by atoms with van der Waals surface area (Å²) in [6, 6.07) is 12.6. The number of thiazole rings is 1. The second kappa shape index (κ2) is 7.28. The fraction of sp³-hybridized carbons (Fsp3) is 0.176. The number of fused-ring (bicyclic) bond motifs is 1. The minimum Gasteiger partial charge on any atom is -0.458 e. The van der Waals surface area contributed by atoms with Crippen molar-refractivity contribution in [3.8, 4) is 0 Å². The molecule has 3 aromatic rings. The molecule has 0 bridgehead atoms. The van der Waals surface area contributed by atoms with Crippen molar-refractivity contribution >= 4 is 37.4 Å². The standard InChI is InChI=1S/C17H14FNO4S2/c18-12-5-1-4-8-15(12)25(21,22)10-9-17(20)23-11-16-19-13-6-2-3-7-14(13)24-16/h1-8H,9-11H2. The summed E-state index contributed by atoms with van der Waals surface area (Å²) in [5, 5.41) is 0.631. The summed E-state index contributed by atoms with van der Waals surface area (Å²) < 4.78 is 43.8. The molecule has 0 aliphatic carbocycles. The van der Waals surface area contributed by atoms with Gasteiger partial charge in [-0.05, 0) is 24.3 Å². The topological polar surface area (TPSA) is 73.3 Å². The Balaban J connectivity index is 1.57. The van der Waals surface area contributed by atoms with Crippen LogP contribution in [0.4, 0.5) is 4.39 Å². The maximum absolute atomic E-state index is 13.6. The quantitative estimate of drug-likeness (QED) is 0.614. The van der Waals surface area contributed by atoms with Gasteiger partial charge >= 0.3 is 5.97 Å². The maximum atomic E-state index is 13.6. The fourth-order valence-corrected chi connectivity index (χ4v) is 4.41. The number of para-hydroxylation sites is 1. The largest absolute Gasteiger partial charge is 0.458 e. The minimum absolute atomic E-state index is 0.0159.